The molecular weight excluding hydrogens is 1070 g/mol. The summed E-state index contributed by atoms with van der Waals surface area (Å²) in [7, 11) is 5.22. The molecule has 1 aromatic carbocycles. The third kappa shape index (κ3) is 26.3. The first-order valence-corrected chi connectivity index (χ1v) is 27.9. The van der Waals surface area contributed by atoms with Gasteiger partial charge in [0.2, 0.25) is 23.6 Å². The number of hydrogen-bond acceptors (Lipinski definition) is 18. The largest absolute Gasteiger partial charge is 0.481 e. The Kier molecular flexibility index (Phi) is 32.0. The highest BCUT2D eigenvalue weighted by molar-refractivity contribution is 7.09. The topological polar surface area (TPSA) is 309 Å². The van der Waals surface area contributed by atoms with Crippen LogP contribution in [-0.2, 0) is 68.5 Å². The van der Waals surface area contributed by atoms with Crippen molar-refractivity contribution in [3.05, 3.63) is 39.8 Å². The molecule has 0 saturated carbocycles. The second-order valence-electron chi connectivity index (χ2n) is 20.5. The van der Waals surface area contributed by atoms with Crippen LogP contribution >= 0.6 is 11.3 Å². The van der Waals surface area contributed by atoms with E-state index in [4.69, 9.17) is 34.8 Å². The number of nitrogens with zero attached hydrogens (tertiary/aromatic N) is 3. The van der Waals surface area contributed by atoms with E-state index in [1.54, 1.807) is 56.9 Å². The van der Waals surface area contributed by atoms with Crippen LogP contribution in [0.25, 0.3) is 0 Å². The van der Waals surface area contributed by atoms with E-state index in [1.165, 1.54) is 32.2 Å². The summed E-state index contributed by atoms with van der Waals surface area (Å²) in [6.45, 7) is 17.1. The zero-order valence-corrected chi connectivity index (χ0v) is 49.9. The Balaban J connectivity index is 2.37. The van der Waals surface area contributed by atoms with Gasteiger partial charge in [0.15, 0.2) is 11.9 Å². The third-order valence-corrected chi connectivity index (χ3v) is 14.2. The number of rotatable bonds is 39. The predicted octanol–water partition coefficient (Wildman–Crippen LogP) is 3.52. The summed E-state index contributed by atoms with van der Waals surface area (Å²) in [5, 5.41) is 25.5. The first-order chi connectivity index (χ1) is 38.2. The molecule has 2 rings (SSSR count). The Bertz CT molecular complexity index is 2430. The minimum absolute atomic E-state index is 0.00109. The molecule has 1 aromatic heterocycles. The highest BCUT2D eigenvalue weighted by atomic mass is 32.1. The van der Waals surface area contributed by atoms with Crippen LogP contribution < -0.4 is 31.3 Å². The number of aromatic nitrogens is 1. The van der Waals surface area contributed by atoms with Gasteiger partial charge in [0, 0.05) is 57.9 Å². The zero-order valence-electron chi connectivity index (χ0n) is 49.1. The number of benzene rings is 1. The van der Waals surface area contributed by atoms with Gasteiger partial charge in [-0.1, -0.05) is 47.1 Å². The van der Waals surface area contributed by atoms with E-state index >= 15 is 0 Å². The fourth-order valence-corrected chi connectivity index (χ4v) is 8.56. The molecule has 25 heteroatoms. The molecule has 0 aliphatic heterocycles. The maximum Gasteiger partial charge on any atom is 0.313 e. The van der Waals surface area contributed by atoms with Crippen molar-refractivity contribution in [2.24, 2.45) is 17.8 Å². The van der Waals surface area contributed by atoms with Crippen LogP contribution in [0.3, 0.4) is 0 Å². The number of likely N-dealkylation sites (N-methyl/N-ethyl adjacent to an activating group) is 2. The number of thiazole rings is 1. The Labute approximate surface area is 480 Å². The van der Waals surface area contributed by atoms with Gasteiger partial charge in [-0.15, -0.1) is 17.8 Å². The second kappa shape index (κ2) is 36.7. The fraction of sp³-hybridized carbons (Fsp3) is 0.643. The first kappa shape index (κ1) is 70.5. The molecule has 0 aliphatic carbocycles. The molecule has 452 valence electrons. The molecule has 0 bridgehead atoms. The molecule has 6 amide bonds. The summed E-state index contributed by atoms with van der Waals surface area (Å²) >= 11 is 1.07. The number of terminal acetylenes is 1. The van der Waals surface area contributed by atoms with Gasteiger partial charge in [-0.25, -0.2) is 4.98 Å². The number of anilines is 1. The normalized spacial score (nSPS) is 13.6. The molecule has 0 fully saturated rings. The second-order valence-corrected chi connectivity index (χ2v) is 21.4. The summed E-state index contributed by atoms with van der Waals surface area (Å²) in [6.07, 6.45) is 4.49. The molecule has 1 heterocycles. The number of carboxylic acid groups (broad SMARTS) is 1. The van der Waals surface area contributed by atoms with Gasteiger partial charge in [-0.3, -0.25) is 48.1 Å². The molecule has 6 atom stereocenters. The lowest BCUT2D eigenvalue weighted by Crippen LogP contribution is -2.60. The van der Waals surface area contributed by atoms with Crippen molar-refractivity contribution in [3.8, 4) is 18.1 Å². The van der Waals surface area contributed by atoms with E-state index in [9.17, 15) is 48.3 Å². The summed E-state index contributed by atoms with van der Waals surface area (Å²) in [5.41, 5.74) is -0.317. The molecule has 24 nitrogen and oxygen atoms in total. The van der Waals surface area contributed by atoms with Crippen molar-refractivity contribution in [1.82, 2.24) is 36.1 Å². The number of hydrogen-bond donors (Lipinski definition) is 6. The van der Waals surface area contributed by atoms with E-state index in [-0.39, 0.29) is 143 Å². The number of carbonyl (C=O) groups is 9. The lowest BCUT2D eigenvalue weighted by Gasteiger charge is -2.38. The molecule has 0 radical (unpaired) electrons. The van der Waals surface area contributed by atoms with Crippen molar-refractivity contribution in [1.29, 1.82) is 0 Å². The van der Waals surface area contributed by atoms with Crippen molar-refractivity contribution >= 4 is 70.4 Å². The van der Waals surface area contributed by atoms with E-state index in [0.717, 1.165) is 11.3 Å². The summed E-state index contributed by atoms with van der Waals surface area (Å²) < 4.78 is 33.3. The minimum atomic E-state index is -1.11. The standard InChI is InChI=1S/C56H86N8O16S/c1-14-36(5)50(62-55(74)56(9,10)63(11)12)53(71)64(13)44(35(3)4)33-46(79-39(8)66)52-61-43(34-81-52)51(70)59-41(30-37(6)54(72)73)31-40-16-17-45(80-49(69)19-23-76-27-29-78-25-21-58-47(67)15-2)42(32-40)60-48(68)18-22-75-26-28-77-24-20-57-38(7)65/h2,16-17,32,34-37,41,44,46,50H,14,18-31,33H2,1,3-13H3,(H,57,65)(H,58,67)(H,59,70)(H,60,68)(H,62,74)(H,72,73)/t36-,37?,41+,44+,46+,50-/m0/s1. The molecule has 0 saturated heterocycles. The van der Waals surface area contributed by atoms with Crippen molar-refractivity contribution < 1.29 is 76.7 Å². The summed E-state index contributed by atoms with van der Waals surface area (Å²) in [6, 6.07) is 2.43. The van der Waals surface area contributed by atoms with Crippen LogP contribution in [0, 0.1) is 30.1 Å². The van der Waals surface area contributed by atoms with Crippen LogP contribution in [0.2, 0.25) is 0 Å². The predicted molar refractivity (Wildman–Crippen MR) is 302 cm³/mol. The van der Waals surface area contributed by atoms with Crippen LogP contribution in [0.15, 0.2) is 23.6 Å². The molecule has 1 unspecified atom stereocenters. The quantitative estimate of drug-likeness (QED) is 0.0241. The highest BCUT2D eigenvalue weighted by Gasteiger charge is 2.39. The lowest BCUT2D eigenvalue weighted by atomic mass is 9.92. The average molecular weight is 1160 g/mol. The Hall–Kier alpha value is -6.56. The fourth-order valence-electron chi connectivity index (χ4n) is 7.72. The van der Waals surface area contributed by atoms with Crippen LogP contribution in [0.4, 0.5) is 5.69 Å². The number of esters is 2. The monoisotopic (exact) mass is 1160 g/mol. The molecular formula is C56H86N8O16S. The maximum atomic E-state index is 14.4. The first-order valence-electron chi connectivity index (χ1n) is 27.1. The van der Waals surface area contributed by atoms with Crippen molar-refractivity contribution in [2.45, 2.75) is 131 Å². The lowest BCUT2D eigenvalue weighted by molar-refractivity contribution is -0.149. The van der Waals surface area contributed by atoms with Gasteiger partial charge < -0.3 is 65.0 Å². The van der Waals surface area contributed by atoms with Crippen molar-refractivity contribution in [3.63, 3.8) is 0 Å². The van der Waals surface area contributed by atoms with Gasteiger partial charge in [0.05, 0.1) is 82.8 Å². The van der Waals surface area contributed by atoms with Crippen molar-refractivity contribution in [2.75, 3.05) is 92.4 Å². The molecule has 0 aliphatic rings. The van der Waals surface area contributed by atoms with E-state index in [2.05, 4.69) is 31.6 Å². The number of carboxylic acids is 1. The van der Waals surface area contributed by atoms with Gasteiger partial charge >= 0.3 is 17.9 Å². The van der Waals surface area contributed by atoms with E-state index in [1.807, 2.05) is 33.6 Å². The smallest absolute Gasteiger partial charge is 0.313 e. The van der Waals surface area contributed by atoms with E-state index in [0.29, 0.717) is 18.5 Å². The maximum absolute atomic E-state index is 14.4. The molecule has 0 spiro atoms. The van der Waals surface area contributed by atoms with Gasteiger partial charge in [0.1, 0.15) is 16.7 Å². The Morgan fingerprint density at radius 1 is 0.815 bits per heavy atom. The van der Waals surface area contributed by atoms with Gasteiger partial charge in [-0.2, -0.15) is 0 Å². The number of nitrogens with one attached hydrogen (secondary N) is 5. The number of amides is 6. The van der Waals surface area contributed by atoms with Gasteiger partial charge in [0.25, 0.3) is 11.8 Å². The number of aliphatic carboxylic acids is 1. The summed E-state index contributed by atoms with van der Waals surface area (Å²) in [4.78, 5) is 123. The van der Waals surface area contributed by atoms with Crippen LogP contribution in [0.1, 0.15) is 122 Å². The zero-order chi connectivity index (χ0) is 60.8. The minimum Gasteiger partial charge on any atom is -0.481 e. The number of carbonyl (C=O) groups excluding carboxylic acids is 8. The number of ether oxygens (including phenoxy) is 6. The van der Waals surface area contributed by atoms with Crippen LogP contribution in [-0.4, -0.2) is 184 Å². The molecule has 2 aromatic rings. The SMILES string of the molecule is C#CC(=O)NCCOCCOCCC(=O)Oc1ccc(C[C@@H](CC(C)C(=O)O)NC(=O)c2csc([C@@H](C[C@H](C(C)C)N(C)C(=O)[C@@H](NC(=O)C(C)(C)N(C)C)[C@@H](C)CC)OC(C)=O)n2)cc1NC(=O)CCOCCOCCNC(C)=O. The van der Waals surface area contributed by atoms with Crippen LogP contribution in [0.5, 0.6) is 5.75 Å². The van der Waals surface area contributed by atoms with Gasteiger partial charge in [-0.05, 0) is 76.2 Å². The average Bonchev–Trinajstić information content (AvgIpc) is 3.91. The Morgan fingerprint density at radius 2 is 1.42 bits per heavy atom. The Morgan fingerprint density at radius 3 is 1.98 bits per heavy atom. The molecule has 81 heavy (non-hydrogen) atoms. The van der Waals surface area contributed by atoms with E-state index < -0.39 is 71.3 Å². The third-order valence-electron chi connectivity index (χ3n) is 13.2. The molecule has 6 N–H and O–H groups in total. The highest BCUT2D eigenvalue weighted by Crippen LogP contribution is 2.32. The summed E-state index contributed by atoms with van der Waals surface area (Å²) in [5.74, 6) is -4.28.